The van der Waals surface area contributed by atoms with Crippen LogP contribution in [-0.2, 0) is 18.3 Å². The summed E-state index contributed by atoms with van der Waals surface area (Å²) in [6, 6.07) is 0. The Morgan fingerprint density at radius 1 is 1.27 bits per heavy atom. The van der Waals surface area contributed by atoms with E-state index in [0.29, 0.717) is 0 Å². The summed E-state index contributed by atoms with van der Waals surface area (Å²) in [4.78, 5) is 8.91. The van der Waals surface area contributed by atoms with Crippen molar-refractivity contribution in [2.45, 2.75) is 52.4 Å². The van der Waals surface area contributed by atoms with Crippen LogP contribution in [0, 0.1) is 5.92 Å². The van der Waals surface area contributed by atoms with Crippen molar-refractivity contribution in [1.29, 1.82) is 0 Å². The van der Waals surface area contributed by atoms with E-state index in [0.717, 1.165) is 18.8 Å². The van der Waals surface area contributed by atoms with Gasteiger partial charge in [0.05, 0.1) is 5.69 Å². The van der Waals surface area contributed by atoms with E-state index in [1.165, 1.54) is 23.4 Å². The van der Waals surface area contributed by atoms with Gasteiger partial charge in [-0.2, -0.15) is 0 Å². The van der Waals surface area contributed by atoms with E-state index >= 15 is 0 Å². The third kappa shape index (κ3) is 2.04. The van der Waals surface area contributed by atoms with Gasteiger partial charge in [0.15, 0.2) is 0 Å². The van der Waals surface area contributed by atoms with Crippen molar-refractivity contribution >= 4 is 0 Å². The standard InChI is InChI=1S/C13H20N2/c1-9-5-6-10-11(7-9)14-8-15-12(10)13(2,3)4/h8-9H,5-7H2,1-4H3/t9-/m0/s1. The maximum absolute atomic E-state index is 4.48. The van der Waals surface area contributed by atoms with Crippen LogP contribution in [0.2, 0.25) is 0 Å². The Balaban J connectivity index is 2.47. The highest BCUT2D eigenvalue weighted by Gasteiger charge is 2.25. The minimum absolute atomic E-state index is 0.146. The minimum atomic E-state index is 0.146. The third-order valence-electron chi connectivity index (χ3n) is 3.17. The average Bonchev–Trinajstić information content (AvgIpc) is 2.15. The molecule has 0 N–H and O–H groups in total. The summed E-state index contributed by atoms with van der Waals surface area (Å²) >= 11 is 0. The molecule has 1 aromatic heterocycles. The Hall–Kier alpha value is -0.920. The third-order valence-corrected chi connectivity index (χ3v) is 3.17. The van der Waals surface area contributed by atoms with Crippen LogP contribution in [0.15, 0.2) is 6.33 Å². The van der Waals surface area contributed by atoms with Crippen molar-refractivity contribution in [2.75, 3.05) is 0 Å². The first kappa shape index (κ1) is 10.6. The molecule has 0 radical (unpaired) electrons. The maximum Gasteiger partial charge on any atom is 0.115 e. The Kier molecular flexibility index (Phi) is 2.53. The number of nitrogens with zero attached hydrogens (tertiary/aromatic N) is 2. The molecule has 0 amide bonds. The van der Waals surface area contributed by atoms with Gasteiger partial charge in [-0.1, -0.05) is 27.7 Å². The van der Waals surface area contributed by atoms with Gasteiger partial charge < -0.3 is 0 Å². The summed E-state index contributed by atoms with van der Waals surface area (Å²) in [5, 5.41) is 0. The summed E-state index contributed by atoms with van der Waals surface area (Å²) in [7, 11) is 0. The molecule has 0 aliphatic heterocycles. The van der Waals surface area contributed by atoms with Crippen LogP contribution in [0.5, 0.6) is 0 Å². The van der Waals surface area contributed by atoms with E-state index in [2.05, 4.69) is 37.7 Å². The van der Waals surface area contributed by atoms with Crippen LogP contribution in [0.3, 0.4) is 0 Å². The molecule has 0 saturated carbocycles. The molecule has 0 bridgehead atoms. The molecule has 82 valence electrons. The van der Waals surface area contributed by atoms with Gasteiger partial charge >= 0.3 is 0 Å². The fourth-order valence-corrected chi connectivity index (χ4v) is 2.36. The normalized spacial score (nSPS) is 21.2. The van der Waals surface area contributed by atoms with Gasteiger partial charge in [0, 0.05) is 11.1 Å². The van der Waals surface area contributed by atoms with Crippen LogP contribution >= 0.6 is 0 Å². The molecular formula is C13H20N2. The van der Waals surface area contributed by atoms with Crippen molar-refractivity contribution < 1.29 is 0 Å². The second-order valence-corrected chi connectivity index (χ2v) is 5.75. The Morgan fingerprint density at radius 3 is 2.67 bits per heavy atom. The monoisotopic (exact) mass is 204 g/mol. The van der Waals surface area contributed by atoms with E-state index in [4.69, 9.17) is 0 Å². The number of fused-ring (bicyclic) bond motifs is 1. The molecule has 0 aromatic carbocycles. The fourth-order valence-electron chi connectivity index (χ4n) is 2.36. The zero-order valence-electron chi connectivity index (χ0n) is 10.2. The molecule has 0 spiro atoms. The molecular weight excluding hydrogens is 184 g/mol. The Labute approximate surface area is 92.1 Å². The van der Waals surface area contributed by atoms with Gasteiger partial charge in [-0.25, -0.2) is 9.97 Å². The van der Waals surface area contributed by atoms with Gasteiger partial charge in [-0.15, -0.1) is 0 Å². The molecule has 2 rings (SSSR count). The smallest absolute Gasteiger partial charge is 0.115 e. The number of hydrogen-bond acceptors (Lipinski definition) is 2. The molecule has 1 atom stereocenters. The second kappa shape index (κ2) is 3.58. The Morgan fingerprint density at radius 2 is 2.00 bits per heavy atom. The predicted octanol–water partition coefficient (Wildman–Crippen LogP) is 2.90. The maximum atomic E-state index is 4.48. The van der Waals surface area contributed by atoms with E-state index in [9.17, 15) is 0 Å². The van der Waals surface area contributed by atoms with Crippen molar-refractivity contribution in [3.05, 3.63) is 23.3 Å². The number of rotatable bonds is 0. The van der Waals surface area contributed by atoms with Crippen LogP contribution in [0.1, 0.15) is 51.1 Å². The number of hydrogen-bond donors (Lipinski definition) is 0. The molecule has 2 heteroatoms. The largest absolute Gasteiger partial charge is 0.241 e. The highest BCUT2D eigenvalue weighted by molar-refractivity contribution is 5.31. The van der Waals surface area contributed by atoms with Crippen LogP contribution < -0.4 is 0 Å². The predicted molar refractivity (Wildman–Crippen MR) is 61.9 cm³/mol. The van der Waals surface area contributed by atoms with Gasteiger partial charge in [0.2, 0.25) is 0 Å². The van der Waals surface area contributed by atoms with Crippen LogP contribution in [0.4, 0.5) is 0 Å². The summed E-state index contributed by atoms with van der Waals surface area (Å²) in [5.74, 6) is 0.778. The summed E-state index contributed by atoms with van der Waals surface area (Å²) in [5.41, 5.74) is 4.10. The lowest BCUT2D eigenvalue weighted by Crippen LogP contribution is -2.22. The first-order valence-electron chi connectivity index (χ1n) is 5.81. The molecule has 0 unspecified atom stereocenters. The average molecular weight is 204 g/mol. The van der Waals surface area contributed by atoms with Crippen LogP contribution in [-0.4, -0.2) is 9.97 Å². The van der Waals surface area contributed by atoms with Crippen molar-refractivity contribution in [1.82, 2.24) is 9.97 Å². The first-order chi connectivity index (χ1) is 6.98. The molecule has 1 aliphatic carbocycles. The minimum Gasteiger partial charge on any atom is -0.241 e. The topological polar surface area (TPSA) is 25.8 Å². The summed E-state index contributed by atoms with van der Waals surface area (Å²) in [6.45, 7) is 9.00. The molecule has 0 fully saturated rings. The van der Waals surface area contributed by atoms with Gasteiger partial charge in [-0.05, 0) is 30.7 Å². The summed E-state index contributed by atoms with van der Waals surface area (Å²) in [6.07, 6.45) is 5.30. The lowest BCUT2D eigenvalue weighted by Gasteiger charge is -2.27. The molecule has 1 aromatic rings. The highest BCUT2D eigenvalue weighted by atomic mass is 14.9. The first-order valence-corrected chi connectivity index (χ1v) is 5.81. The van der Waals surface area contributed by atoms with Gasteiger partial charge in [-0.3, -0.25) is 0 Å². The zero-order chi connectivity index (χ0) is 11.1. The molecule has 1 aliphatic rings. The number of aromatic nitrogens is 2. The SMILES string of the molecule is C[C@H]1CCc2c(ncnc2C(C)(C)C)C1. The molecule has 2 nitrogen and oxygen atoms in total. The zero-order valence-corrected chi connectivity index (χ0v) is 10.2. The fraction of sp³-hybridized carbons (Fsp3) is 0.692. The highest BCUT2D eigenvalue weighted by Crippen LogP contribution is 2.31. The summed E-state index contributed by atoms with van der Waals surface area (Å²) < 4.78 is 0. The van der Waals surface area contributed by atoms with Gasteiger partial charge in [0.25, 0.3) is 0 Å². The molecule has 15 heavy (non-hydrogen) atoms. The van der Waals surface area contributed by atoms with Crippen molar-refractivity contribution in [3.8, 4) is 0 Å². The van der Waals surface area contributed by atoms with E-state index in [1.807, 2.05) is 0 Å². The molecule has 1 heterocycles. The van der Waals surface area contributed by atoms with Crippen molar-refractivity contribution in [3.63, 3.8) is 0 Å². The van der Waals surface area contributed by atoms with E-state index < -0.39 is 0 Å². The van der Waals surface area contributed by atoms with Crippen molar-refractivity contribution in [2.24, 2.45) is 5.92 Å². The van der Waals surface area contributed by atoms with E-state index in [-0.39, 0.29) is 5.41 Å². The Bertz CT molecular complexity index is 363. The quantitative estimate of drug-likeness (QED) is 0.649. The van der Waals surface area contributed by atoms with Gasteiger partial charge in [0.1, 0.15) is 6.33 Å². The second-order valence-electron chi connectivity index (χ2n) is 5.75. The van der Waals surface area contributed by atoms with E-state index in [1.54, 1.807) is 6.33 Å². The lowest BCUT2D eigenvalue weighted by molar-refractivity contribution is 0.471. The lowest BCUT2D eigenvalue weighted by atomic mass is 9.81. The van der Waals surface area contributed by atoms with Crippen LogP contribution in [0.25, 0.3) is 0 Å². The molecule has 0 saturated heterocycles.